The smallest absolute Gasteiger partial charge is 0.853 e. The molecule has 0 bridgehead atoms. The van der Waals surface area contributed by atoms with Crippen LogP contribution in [-0.2, 0) is 18.9 Å². The number of methoxy groups -OCH3 is 2. The van der Waals surface area contributed by atoms with E-state index in [1.54, 1.807) is 14.2 Å². The van der Waals surface area contributed by atoms with E-state index < -0.39 is 0 Å². The molecule has 0 aromatic rings. The Morgan fingerprint density at radius 1 is 0.647 bits per heavy atom. The van der Waals surface area contributed by atoms with E-state index in [0.717, 1.165) is 0 Å². The molecule has 0 saturated heterocycles. The second kappa shape index (κ2) is 26.0. The van der Waals surface area contributed by atoms with Crippen molar-refractivity contribution in [2.24, 2.45) is 0 Å². The van der Waals surface area contributed by atoms with Crippen molar-refractivity contribution in [1.82, 2.24) is 0 Å². The summed E-state index contributed by atoms with van der Waals surface area (Å²) in [5, 5.41) is 19.5. The Morgan fingerprint density at radius 2 is 1.00 bits per heavy atom. The summed E-state index contributed by atoms with van der Waals surface area (Å²) in [6.45, 7) is 2.46. The Labute approximate surface area is 144 Å². The molecule has 0 radical (unpaired) electrons. The first-order chi connectivity index (χ1) is 7.83. The molecule has 7 heteroatoms. The molecule has 0 aliphatic heterocycles. The van der Waals surface area contributed by atoms with Gasteiger partial charge in [-0.05, 0) is 0 Å². The van der Waals surface area contributed by atoms with Crippen LogP contribution in [-0.4, -0.2) is 116 Å². The molecule has 0 aliphatic rings. The Balaban J connectivity index is -0.000000218. The predicted octanol–water partition coefficient (Wildman–Crippen LogP) is -2.36. The normalized spacial score (nSPS) is 9.18. The zero-order valence-electron chi connectivity index (χ0n) is 10.8. The summed E-state index contributed by atoms with van der Waals surface area (Å²) in [5.74, 6) is 0. The Kier molecular flexibility index (Phi) is 35.8. The minimum atomic E-state index is -0.163. The van der Waals surface area contributed by atoms with Crippen molar-refractivity contribution < 1.29 is 29.2 Å². The molecule has 100 valence electrons. The van der Waals surface area contributed by atoms with Gasteiger partial charge in [-0.3, -0.25) is 0 Å². The first-order valence-corrected chi connectivity index (χ1v) is 5.13. The second-order valence-electron chi connectivity index (χ2n) is 2.62. The molecule has 0 amide bonds. The van der Waals surface area contributed by atoms with E-state index in [9.17, 15) is 10.2 Å². The van der Waals surface area contributed by atoms with Crippen LogP contribution in [0.25, 0.3) is 0 Å². The molecule has 0 fully saturated rings. The van der Waals surface area contributed by atoms with Crippen molar-refractivity contribution in [3.8, 4) is 0 Å². The van der Waals surface area contributed by atoms with Gasteiger partial charge in [0.2, 0.25) is 0 Å². The minimum absolute atomic E-state index is 0. The van der Waals surface area contributed by atoms with Crippen LogP contribution in [0.15, 0.2) is 0 Å². The number of ether oxygens (including phenoxy) is 4. The molecule has 17 heavy (non-hydrogen) atoms. The summed E-state index contributed by atoms with van der Waals surface area (Å²) in [4.78, 5) is 0. The third-order valence-corrected chi connectivity index (χ3v) is 1.32. The van der Waals surface area contributed by atoms with Crippen LogP contribution in [0, 0.1) is 0 Å². The van der Waals surface area contributed by atoms with Crippen molar-refractivity contribution >= 4 is 48.9 Å². The van der Waals surface area contributed by atoms with Gasteiger partial charge in [-0.2, -0.15) is 0 Å². The largest absolute Gasteiger partial charge is 2.00 e. The van der Waals surface area contributed by atoms with E-state index in [0.29, 0.717) is 39.6 Å². The van der Waals surface area contributed by atoms with Crippen molar-refractivity contribution in [2.75, 3.05) is 67.1 Å². The van der Waals surface area contributed by atoms with Gasteiger partial charge in [-0.15, -0.1) is 13.2 Å². The van der Waals surface area contributed by atoms with Gasteiger partial charge in [-0.25, -0.2) is 0 Å². The molecule has 0 heterocycles. The van der Waals surface area contributed by atoms with Gasteiger partial charge in [-0.1, -0.05) is 0 Å². The van der Waals surface area contributed by atoms with Crippen LogP contribution in [0.2, 0.25) is 0 Å². The average Bonchev–Trinajstić information content (AvgIpc) is 2.31. The number of hydrogen-bond acceptors (Lipinski definition) is 6. The van der Waals surface area contributed by atoms with Gasteiger partial charge >= 0.3 is 48.9 Å². The standard InChI is InChI=1S/2C5H11O3.Ba/c2*1-7-4-5-8-3-2-6;/h2*2-5H2,1H3;/q2*-1;+2. The van der Waals surface area contributed by atoms with Gasteiger partial charge in [0.15, 0.2) is 0 Å². The van der Waals surface area contributed by atoms with E-state index in [-0.39, 0.29) is 62.1 Å². The first kappa shape index (κ1) is 23.4. The van der Waals surface area contributed by atoms with Crippen LogP contribution in [0.1, 0.15) is 0 Å². The van der Waals surface area contributed by atoms with E-state index in [4.69, 9.17) is 9.47 Å². The van der Waals surface area contributed by atoms with Crippen molar-refractivity contribution in [3.05, 3.63) is 0 Å². The first-order valence-electron chi connectivity index (χ1n) is 5.13. The summed E-state index contributed by atoms with van der Waals surface area (Å²) in [6.07, 6.45) is 0. The number of hydrogen-bond donors (Lipinski definition) is 0. The Hall–Kier alpha value is 1.33. The van der Waals surface area contributed by atoms with Crippen LogP contribution >= 0.6 is 0 Å². The van der Waals surface area contributed by atoms with Gasteiger partial charge in [0.1, 0.15) is 0 Å². The monoisotopic (exact) mass is 376 g/mol. The third-order valence-electron chi connectivity index (χ3n) is 1.32. The van der Waals surface area contributed by atoms with E-state index in [1.807, 2.05) is 0 Å². The molecule has 0 spiro atoms. The molecule has 0 aliphatic carbocycles. The SMILES string of the molecule is COCCOCC[O-].COCCOCC[O-].[Ba+2]. The Bertz CT molecular complexity index is 82.8. The van der Waals surface area contributed by atoms with Crippen LogP contribution in [0.5, 0.6) is 0 Å². The van der Waals surface area contributed by atoms with E-state index in [1.165, 1.54) is 0 Å². The molecule has 0 rings (SSSR count). The zero-order valence-corrected chi connectivity index (χ0v) is 15.3. The van der Waals surface area contributed by atoms with Crippen molar-refractivity contribution in [1.29, 1.82) is 0 Å². The molecule has 0 aromatic carbocycles. The fourth-order valence-electron chi connectivity index (χ4n) is 0.606. The van der Waals surface area contributed by atoms with Crippen LogP contribution in [0.3, 0.4) is 0 Å². The fraction of sp³-hybridized carbons (Fsp3) is 1.00. The molecular weight excluding hydrogens is 353 g/mol. The summed E-state index contributed by atoms with van der Waals surface area (Å²) in [7, 11) is 3.20. The molecular formula is C10H22BaO6. The maximum absolute atomic E-state index is 9.73. The third kappa shape index (κ3) is 31.7. The molecule has 0 saturated carbocycles. The summed E-state index contributed by atoms with van der Waals surface area (Å²) < 4.78 is 18.9. The second-order valence-corrected chi connectivity index (χ2v) is 2.62. The summed E-state index contributed by atoms with van der Waals surface area (Å²) in [5.41, 5.74) is 0. The maximum Gasteiger partial charge on any atom is 2.00 e. The Morgan fingerprint density at radius 3 is 1.24 bits per heavy atom. The predicted molar refractivity (Wildman–Crippen MR) is 60.9 cm³/mol. The van der Waals surface area contributed by atoms with Gasteiger partial charge < -0.3 is 29.2 Å². The topological polar surface area (TPSA) is 83.0 Å². The van der Waals surface area contributed by atoms with Crippen molar-refractivity contribution in [2.45, 2.75) is 0 Å². The van der Waals surface area contributed by atoms with Gasteiger partial charge in [0.05, 0.1) is 26.4 Å². The average molecular weight is 376 g/mol. The number of rotatable bonds is 10. The summed E-state index contributed by atoms with van der Waals surface area (Å²) >= 11 is 0. The summed E-state index contributed by atoms with van der Waals surface area (Å²) in [6, 6.07) is 0. The fourth-order valence-corrected chi connectivity index (χ4v) is 0.606. The quantitative estimate of drug-likeness (QED) is 0.314. The molecule has 6 nitrogen and oxygen atoms in total. The maximum atomic E-state index is 9.73. The van der Waals surface area contributed by atoms with E-state index in [2.05, 4.69) is 9.47 Å². The molecule has 0 N–H and O–H groups in total. The van der Waals surface area contributed by atoms with E-state index >= 15 is 0 Å². The minimum Gasteiger partial charge on any atom is -0.853 e. The van der Waals surface area contributed by atoms with Crippen molar-refractivity contribution in [3.63, 3.8) is 0 Å². The van der Waals surface area contributed by atoms with Crippen LogP contribution < -0.4 is 10.2 Å². The van der Waals surface area contributed by atoms with Gasteiger partial charge in [0, 0.05) is 27.4 Å². The van der Waals surface area contributed by atoms with Crippen LogP contribution in [0.4, 0.5) is 0 Å². The molecule has 0 unspecified atom stereocenters. The molecule has 0 aromatic heterocycles. The zero-order chi connectivity index (χ0) is 12.5. The van der Waals surface area contributed by atoms with Gasteiger partial charge in [0.25, 0.3) is 0 Å². The molecule has 0 atom stereocenters.